The van der Waals surface area contributed by atoms with Crippen LogP contribution in [0.2, 0.25) is 5.02 Å². The third-order valence-electron chi connectivity index (χ3n) is 3.16. The zero-order valence-corrected chi connectivity index (χ0v) is 11.8. The largest absolute Gasteiger partial charge is 0.342 e. The van der Waals surface area contributed by atoms with Gasteiger partial charge in [0.05, 0.1) is 0 Å². The van der Waals surface area contributed by atoms with Crippen LogP contribution in [0.4, 0.5) is 0 Å². The minimum absolute atomic E-state index is 0.239. The standard InChI is InChI=1S/C15H16ClN3/c1-11(13-3-5-14(16)6-4-13)18-9-12-7-15(8-17)19(2)10-12/h3-7,10-11,18H,9H2,1-2H3. The summed E-state index contributed by atoms with van der Waals surface area (Å²) in [4.78, 5) is 0. The molecule has 1 aromatic carbocycles. The Bertz CT molecular complexity index is 593. The number of nitriles is 1. The summed E-state index contributed by atoms with van der Waals surface area (Å²) in [7, 11) is 1.88. The number of nitrogens with one attached hydrogen (secondary N) is 1. The Balaban J connectivity index is 1.98. The van der Waals surface area contributed by atoms with Gasteiger partial charge in [-0.1, -0.05) is 23.7 Å². The maximum absolute atomic E-state index is 8.91. The molecule has 0 spiro atoms. The van der Waals surface area contributed by atoms with Crippen molar-refractivity contribution in [2.24, 2.45) is 7.05 Å². The lowest BCUT2D eigenvalue weighted by Crippen LogP contribution is -2.17. The zero-order valence-electron chi connectivity index (χ0n) is 11.0. The molecule has 1 atom stereocenters. The molecular formula is C15H16ClN3. The first-order valence-electron chi connectivity index (χ1n) is 6.14. The minimum Gasteiger partial charge on any atom is -0.342 e. The fourth-order valence-electron chi connectivity index (χ4n) is 1.98. The van der Waals surface area contributed by atoms with E-state index in [9.17, 15) is 0 Å². The van der Waals surface area contributed by atoms with E-state index in [1.807, 2.05) is 48.1 Å². The Kier molecular flexibility index (Phi) is 4.26. The molecule has 0 amide bonds. The maximum atomic E-state index is 8.91. The predicted molar refractivity (Wildman–Crippen MR) is 76.8 cm³/mol. The summed E-state index contributed by atoms with van der Waals surface area (Å²) in [5.74, 6) is 0. The van der Waals surface area contributed by atoms with Crippen LogP contribution in [0.15, 0.2) is 36.5 Å². The van der Waals surface area contributed by atoms with Gasteiger partial charge in [0.1, 0.15) is 11.8 Å². The van der Waals surface area contributed by atoms with Crippen molar-refractivity contribution in [3.8, 4) is 6.07 Å². The van der Waals surface area contributed by atoms with Gasteiger partial charge in [-0.3, -0.25) is 0 Å². The van der Waals surface area contributed by atoms with Gasteiger partial charge in [-0.2, -0.15) is 5.26 Å². The fraction of sp³-hybridized carbons (Fsp3) is 0.267. The Labute approximate surface area is 118 Å². The third kappa shape index (κ3) is 3.37. The monoisotopic (exact) mass is 273 g/mol. The summed E-state index contributed by atoms with van der Waals surface area (Å²) in [6.45, 7) is 2.84. The third-order valence-corrected chi connectivity index (χ3v) is 3.41. The molecule has 4 heteroatoms. The highest BCUT2D eigenvalue weighted by atomic mass is 35.5. The molecule has 0 saturated carbocycles. The number of aryl methyl sites for hydroxylation is 1. The second kappa shape index (κ2) is 5.92. The smallest absolute Gasteiger partial charge is 0.120 e. The van der Waals surface area contributed by atoms with Crippen LogP contribution in [-0.4, -0.2) is 4.57 Å². The number of hydrogen-bond donors (Lipinski definition) is 1. The van der Waals surface area contributed by atoms with Crippen LogP contribution in [0, 0.1) is 11.3 Å². The van der Waals surface area contributed by atoms with Crippen molar-refractivity contribution in [2.45, 2.75) is 19.5 Å². The summed E-state index contributed by atoms with van der Waals surface area (Å²) in [6, 6.07) is 12.1. The topological polar surface area (TPSA) is 40.8 Å². The van der Waals surface area contributed by atoms with Gasteiger partial charge < -0.3 is 9.88 Å². The number of nitrogens with zero attached hydrogens (tertiary/aromatic N) is 2. The van der Waals surface area contributed by atoms with Crippen LogP contribution in [-0.2, 0) is 13.6 Å². The Morgan fingerprint density at radius 3 is 2.63 bits per heavy atom. The number of hydrogen-bond acceptors (Lipinski definition) is 2. The highest BCUT2D eigenvalue weighted by molar-refractivity contribution is 6.30. The van der Waals surface area contributed by atoms with Gasteiger partial charge in [0, 0.05) is 30.9 Å². The Morgan fingerprint density at radius 1 is 1.37 bits per heavy atom. The number of rotatable bonds is 4. The lowest BCUT2D eigenvalue weighted by atomic mass is 10.1. The first kappa shape index (κ1) is 13.7. The van der Waals surface area contributed by atoms with Crippen molar-refractivity contribution in [3.63, 3.8) is 0 Å². The van der Waals surface area contributed by atoms with Crippen molar-refractivity contribution in [1.82, 2.24) is 9.88 Å². The number of benzene rings is 1. The SMILES string of the molecule is CC(NCc1cc(C#N)n(C)c1)c1ccc(Cl)cc1. The average molecular weight is 274 g/mol. The summed E-state index contributed by atoms with van der Waals surface area (Å²) >= 11 is 5.87. The molecular weight excluding hydrogens is 258 g/mol. The van der Waals surface area contributed by atoms with Crippen LogP contribution in [0.1, 0.15) is 29.8 Å². The minimum atomic E-state index is 0.239. The molecule has 0 radical (unpaired) electrons. The predicted octanol–water partition coefficient (Wildman–Crippen LogP) is 3.40. The summed E-state index contributed by atoms with van der Waals surface area (Å²) in [6.07, 6.45) is 1.97. The van der Waals surface area contributed by atoms with Gasteiger partial charge in [-0.15, -0.1) is 0 Å². The average Bonchev–Trinajstić information content (AvgIpc) is 2.77. The van der Waals surface area contributed by atoms with E-state index in [-0.39, 0.29) is 6.04 Å². The van der Waals surface area contributed by atoms with Crippen LogP contribution >= 0.6 is 11.6 Å². The van der Waals surface area contributed by atoms with Crippen LogP contribution < -0.4 is 5.32 Å². The van der Waals surface area contributed by atoms with Gasteiger partial charge in [0.15, 0.2) is 0 Å². The van der Waals surface area contributed by atoms with E-state index in [0.29, 0.717) is 5.69 Å². The lowest BCUT2D eigenvalue weighted by molar-refractivity contribution is 0.574. The second-order valence-electron chi connectivity index (χ2n) is 4.61. The molecule has 0 bridgehead atoms. The van der Waals surface area contributed by atoms with E-state index in [2.05, 4.69) is 18.3 Å². The van der Waals surface area contributed by atoms with E-state index < -0.39 is 0 Å². The van der Waals surface area contributed by atoms with Gasteiger partial charge in [0.2, 0.25) is 0 Å². The summed E-state index contributed by atoms with van der Waals surface area (Å²) in [5, 5.41) is 13.1. The van der Waals surface area contributed by atoms with Crippen molar-refractivity contribution < 1.29 is 0 Å². The molecule has 0 aliphatic carbocycles. The highest BCUT2D eigenvalue weighted by Gasteiger charge is 2.06. The van der Waals surface area contributed by atoms with Crippen molar-refractivity contribution in [3.05, 3.63) is 58.4 Å². The lowest BCUT2D eigenvalue weighted by Gasteiger charge is -2.13. The second-order valence-corrected chi connectivity index (χ2v) is 5.05. The first-order valence-corrected chi connectivity index (χ1v) is 6.52. The van der Waals surface area contributed by atoms with Crippen LogP contribution in [0.25, 0.3) is 0 Å². The molecule has 19 heavy (non-hydrogen) atoms. The molecule has 3 nitrogen and oxygen atoms in total. The summed E-state index contributed by atoms with van der Waals surface area (Å²) in [5.41, 5.74) is 2.98. The molecule has 98 valence electrons. The molecule has 0 saturated heterocycles. The highest BCUT2D eigenvalue weighted by Crippen LogP contribution is 2.16. The van der Waals surface area contributed by atoms with E-state index in [0.717, 1.165) is 17.1 Å². The number of halogens is 1. The van der Waals surface area contributed by atoms with Crippen LogP contribution in [0.3, 0.4) is 0 Å². The number of aromatic nitrogens is 1. The normalized spacial score (nSPS) is 12.1. The fourth-order valence-corrected chi connectivity index (χ4v) is 2.11. The van der Waals surface area contributed by atoms with Gasteiger partial charge >= 0.3 is 0 Å². The molecule has 1 unspecified atom stereocenters. The molecule has 0 aliphatic heterocycles. The van der Waals surface area contributed by atoms with Gasteiger partial charge in [-0.05, 0) is 36.2 Å². The quantitative estimate of drug-likeness (QED) is 0.927. The summed E-state index contributed by atoms with van der Waals surface area (Å²) < 4.78 is 1.84. The molecule has 1 heterocycles. The van der Waals surface area contributed by atoms with Crippen LogP contribution in [0.5, 0.6) is 0 Å². The van der Waals surface area contributed by atoms with Gasteiger partial charge in [-0.25, -0.2) is 0 Å². The van der Waals surface area contributed by atoms with Gasteiger partial charge in [0.25, 0.3) is 0 Å². The van der Waals surface area contributed by atoms with E-state index in [1.54, 1.807) is 0 Å². The first-order chi connectivity index (χ1) is 9.10. The maximum Gasteiger partial charge on any atom is 0.120 e. The molecule has 2 rings (SSSR count). The molecule has 0 fully saturated rings. The van der Waals surface area contributed by atoms with Crippen molar-refractivity contribution >= 4 is 11.6 Å². The molecule has 2 aromatic rings. The molecule has 1 N–H and O–H groups in total. The van der Waals surface area contributed by atoms with Crippen molar-refractivity contribution in [1.29, 1.82) is 5.26 Å². The van der Waals surface area contributed by atoms with Crippen molar-refractivity contribution in [2.75, 3.05) is 0 Å². The molecule has 1 aromatic heterocycles. The van der Waals surface area contributed by atoms with E-state index in [4.69, 9.17) is 16.9 Å². The molecule has 0 aliphatic rings. The Morgan fingerprint density at radius 2 is 2.05 bits per heavy atom. The Hall–Kier alpha value is -1.76. The van der Waals surface area contributed by atoms with E-state index in [1.165, 1.54) is 5.56 Å². The van der Waals surface area contributed by atoms with E-state index >= 15 is 0 Å². The zero-order chi connectivity index (χ0) is 13.8.